The summed E-state index contributed by atoms with van der Waals surface area (Å²) in [4.78, 5) is 0. The van der Waals surface area contributed by atoms with Crippen LogP contribution in [-0.4, -0.2) is 19.6 Å². The second-order valence-corrected chi connectivity index (χ2v) is 5.13. The Morgan fingerprint density at radius 1 is 1.30 bits per heavy atom. The Labute approximate surface area is 126 Å². The average Bonchev–Trinajstić information content (AvgIpc) is 2.90. The van der Waals surface area contributed by atoms with E-state index >= 15 is 0 Å². The third-order valence-corrected chi connectivity index (χ3v) is 3.30. The summed E-state index contributed by atoms with van der Waals surface area (Å²) in [6, 6.07) is 2.48. The smallest absolute Gasteiger partial charge is 0.124 e. The van der Waals surface area contributed by atoms with Crippen LogP contribution in [0.25, 0.3) is 0 Å². The zero-order valence-electron chi connectivity index (χ0n) is 12.8. The van der Waals surface area contributed by atoms with Crippen LogP contribution in [0.1, 0.15) is 43.8 Å². The molecule has 0 fully saturated rings. The predicted octanol–water partition coefficient (Wildman–Crippen LogP) is 3.33. The lowest BCUT2D eigenvalue weighted by Gasteiger charge is -2.10. The van der Waals surface area contributed by atoms with E-state index in [4.69, 9.17) is 0 Å². The molecule has 0 aliphatic carbocycles. The molecule has 0 spiro atoms. The van der Waals surface area contributed by atoms with Crippen molar-refractivity contribution in [2.24, 2.45) is 0 Å². The van der Waals surface area contributed by atoms with Crippen LogP contribution in [0, 0.1) is 13.8 Å². The number of nitrogens with zero attached hydrogens (tertiary/aromatic N) is 4. The third kappa shape index (κ3) is 3.33. The monoisotopic (exact) mass is 297 g/mol. The van der Waals surface area contributed by atoms with Crippen molar-refractivity contribution in [3.63, 3.8) is 0 Å². The quantitative estimate of drug-likeness (QED) is 0.921. The van der Waals surface area contributed by atoms with Gasteiger partial charge in [-0.15, -0.1) is 12.4 Å². The Balaban J connectivity index is 0.00000200. The lowest BCUT2D eigenvalue weighted by molar-refractivity contribution is 0.518. The number of halogens is 1. The fourth-order valence-electron chi connectivity index (χ4n) is 2.27. The van der Waals surface area contributed by atoms with Gasteiger partial charge in [-0.25, -0.2) is 4.68 Å². The molecule has 2 rings (SSSR count). The van der Waals surface area contributed by atoms with E-state index < -0.39 is 0 Å². The van der Waals surface area contributed by atoms with E-state index in [1.165, 1.54) is 11.3 Å². The Morgan fingerprint density at radius 3 is 2.55 bits per heavy atom. The SMILES string of the molecule is CCn1nc(C)cc1NCc1cnn(C(C)C)c1C.Cl. The normalized spacial score (nSPS) is 10.7. The van der Waals surface area contributed by atoms with Crippen molar-refractivity contribution in [2.45, 2.75) is 53.8 Å². The summed E-state index contributed by atoms with van der Waals surface area (Å²) in [6.07, 6.45) is 1.95. The Kier molecular flexibility index (Phi) is 5.62. The lowest BCUT2D eigenvalue weighted by Crippen LogP contribution is -2.08. The largest absolute Gasteiger partial charge is 0.366 e. The number of nitrogens with one attached hydrogen (secondary N) is 1. The first-order valence-electron chi connectivity index (χ1n) is 6.84. The topological polar surface area (TPSA) is 47.7 Å². The van der Waals surface area contributed by atoms with E-state index in [9.17, 15) is 0 Å². The fourth-order valence-corrected chi connectivity index (χ4v) is 2.27. The van der Waals surface area contributed by atoms with E-state index in [1.807, 2.05) is 17.8 Å². The Hall–Kier alpha value is -1.49. The van der Waals surface area contributed by atoms with Crippen molar-refractivity contribution < 1.29 is 0 Å². The first-order valence-corrected chi connectivity index (χ1v) is 6.84. The van der Waals surface area contributed by atoms with E-state index in [0.717, 1.165) is 24.6 Å². The molecule has 0 aliphatic heterocycles. The van der Waals surface area contributed by atoms with Crippen LogP contribution < -0.4 is 5.32 Å². The van der Waals surface area contributed by atoms with Gasteiger partial charge in [0.05, 0.1) is 11.9 Å². The highest BCUT2D eigenvalue weighted by molar-refractivity contribution is 5.85. The Morgan fingerprint density at radius 2 is 2.00 bits per heavy atom. The summed E-state index contributed by atoms with van der Waals surface area (Å²) in [5, 5.41) is 12.3. The first-order chi connectivity index (χ1) is 9.02. The second-order valence-electron chi connectivity index (χ2n) is 5.13. The second kappa shape index (κ2) is 6.79. The molecule has 0 aromatic carbocycles. The average molecular weight is 298 g/mol. The molecule has 0 saturated carbocycles. The van der Waals surface area contributed by atoms with Gasteiger partial charge in [-0.3, -0.25) is 4.68 Å². The number of aryl methyl sites for hydroxylation is 2. The van der Waals surface area contributed by atoms with Gasteiger partial charge >= 0.3 is 0 Å². The lowest BCUT2D eigenvalue weighted by atomic mass is 10.2. The molecule has 20 heavy (non-hydrogen) atoms. The molecule has 0 atom stereocenters. The van der Waals surface area contributed by atoms with Crippen molar-refractivity contribution in [1.82, 2.24) is 19.6 Å². The van der Waals surface area contributed by atoms with Crippen LogP contribution in [0.15, 0.2) is 12.3 Å². The minimum atomic E-state index is 0. The molecule has 2 aromatic heterocycles. The maximum Gasteiger partial charge on any atom is 0.124 e. The van der Waals surface area contributed by atoms with Gasteiger partial charge in [-0.05, 0) is 34.6 Å². The number of hydrogen-bond donors (Lipinski definition) is 1. The molecule has 0 aliphatic rings. The predicted molar refractivity (Wildman–Crippen MR) is 84.6 cm³/mol. The first kappa shape index (κ1) is 16.6. The van der Waals surface area contributed by atoms with Crippen LogP contribution in [0.4, 0.5) is 5.82 Å². The molecule has 0 radical (unpaired) electrons. The number of rotatable bonds is 5. The molecule has 2 aromatic rings. The molecule has 2 heterocycles. The van der Waals surface area contributed by atoms with Crippen LogP contribution in [0.5, 0.6) is 0 Å². The Bertz CT molecular complexity index is 556. The van der Waals surface area contributed by atoms with Gasteiger partial charge in [0.1, 0.15) is 5.82 Å². The fraction of sp³-hybridized carbons (Fsp3) is 0.571. The third-order valence-electron chi connectivity index (χ3n) is 3.30. The van der Waals surface area contributed by atoms with Gasteiger partial charge in [0, 0.05) is 36.5 Å². The molecule has 6 heteroatoms. The standard InChI is InChI=1S/C14H23N5.ClH/c1-6-18-14(7-11(4)17-18)15-8-13-9-16-19(10(2)3)12(13)5;/h7,9-10,15H,6,8H2,1-5H3;1H. The van der Waals surface area contributed by atoms with Gasteiger partial charge in [0.2, 0.25) is 0 Å². The van der Waals surface area contributed by atoms with Crippen LogP contribution in [-0.2, 0) is 13.1 Å². The number of hydrogen-bond acceptors (Lipinski definition) is 3. The van der Waals surface area contributed by atoms with Gasteiger partial charge in [-0.2, -0.15) is 10.2 Å². The number of anilines is 1. The molecule has 0 amide bonds. The van der Waals surface area contributed by atoms with E-state index in [2.05, 4.69) is 54.0 Å². The van der Waals surface area contributed by atoms with Gasteiger partial charge in [0.15, 0.2) is 0 Å². The molecule has 1 N–H and O–H groups in total. The molecule has 0 saturated heterocycles. The summed E-state index contributed by atoms with van der Waals surface area (Å²) in [5.74, 6) is 1.07. The highest BCUT2D eigenvalue weighted by Gasteiger charge is 2.10. The summed E-state index contributed by atoms with van der Waals surface area (Å²) in [7, 11) is 0. The van der Waals surface area contributed by atoms with Crippen LogP contribution in [0.3, 0.4) is 0 Å². The minimum Gasteiger partial charge on any atom is -0.366 e. The van der Waals surface area contributed by atoms with Gasteiger partial charge in [-0.1, -0.05) is 0 Å². The highest BCUT2D eigenvalue weighted by Crippen LogP contribution is 2.16. The van der Waals surface area contributed by atoms with Crippen molar-refractivity contribution in [1.29, 1.82) is 0 Å². The van der Waals surface area contributed by atoms with Gasteiger partial charge in [0.25, 0.3) is 0 Å². The summed E-state index contributed by atoms with van der Waals surface area (Å²) in [6.45, 7) is 12.2. The van der Waals surface area contributed by atoms with Crippen molar-refractivity contribution in [3.05, 3.63) is 29.2 Å². The number of aromatic nitrogens is 4. The van der Waals surface area contributed by atoms with Gasteiger partial charge < -0.3 is 5.32 Å². The minimum absolute atomic E-state index is 0. The van der Waals surface area contributed by atoms with E-state index in [-0.39, 0.29) is 12.4 Å². The molecule has 112 valence electrons. The molecule has 5 nitrogen and oxygen atoms in total. The maximum absolute atomic E-state index is 4.43. The molecule has 0 bridgehead atoms. The van der Waals surface area contributed by atoms with Crippen LogP contribution >= 0.6 is 12.4 Å². The zero-order chi connectivity index (χ0) is 14.0. The van der Waals surface area contributed by atoms with Crippen molar-refractivity contribution >= 4 is 18.2 Å². The van der Waals surface area contributed by atoms with E-state index in [1.54, 1.807) is 0 Å². The molecule has 0 unspecified atom stereocenters. The van der Waals surface area contributed by atoms with Crippen molar-refractivity contribution in [2.75, 3.05) is 5.32 Å². The highest BCUT2D eigenvalue weighted by atomic mass is 35.5. The zero-order valence-corrected chi connectivity index (χ0v) is 13.7. The maximum atomic E-state index is 4.43. The van der Waals surface area contributed by atoms with Crippen molar-refractivity contribution in [3.8, 4) is 0 Å². The summed E-state index contributed by atoms with van der Waals surface area (Å²) >= 11 is 0. The summed E-state index contributed by atoms with van der Waals surface area (Å²) in [5.41, 5.74) is 3.50. The van der Waals surface area contributed by atoms with Crippen LogP contribution in [0.2, 0.25) is 0 Å². The molecular weight excluding hydrogens is 274 g/mol. The van der Waals surface area contributed by atoms with E-state index in [0.29, 0.717) is 6.04 Å². The molecular formula is C14H24ClN5. The summed E-state index contributed by atoms with van der Waals surface area (Å²) < 4.78 is 4.04.